The molecule has 0 aliphatic carbocycles. The summed E-state index contributed by atoms with van der Waals surface area (Å²) < 4.78 is 21.4. The Morgan fingerprint density at radius 2 is 1.17 bits per heavy atom. The first-order valence-corrected chi connectivity index (χ1v) is 23.5. The van der Waals surface area contributed by atoms with E-state index in [1.807, 2.05) is 32.9 Å². The first-order chi connectivity index (χ1) is 30.1. The maximum absolute atomic E-state index is 12.0. The van der Waals surface area contributed by atoms with E-state index in [0.717, 1.165) is 68.6 Å². The molecule has 4 aromatic rings. The van der Waals surface area contributed by atoms with Crippen LogP contribution in [0.4, 0.5) is 37.1 Å². The van der Waals surface area contributed by atoms with E-state index in [2.05, 4.69) is 130 Å². The van der Waals surface area contributed by atoms with Crippen molar-refractivity contribution in [1.82, 2.24) is 5.32 Å². The van der Waals surface area contributed by atoms with Crippen molar-refractivity contribution in [2.45, 2.75) is 111 Å². The highest BCUT2D eigenvalue weighted by atomic mass is 79.9. The zero-order chi connectivity index (χ0) is 46.7. The summed E-state index contributed by atoms with van der Waals surface area (Å²) in [5.41, 5.74) is 8.61. The van der Waals surface area contributed by atoms with Gasteiger partial charge < -0.3 is 39.8 Å². The third-order valence-corrected chi connectivity index (χ3v) is 11.1. The number of benzene rings is 4. The number of nitrogens with zero attached hydrogens (tertiary/aromatic N) is 2. The van der Waals surface area contributed by atoms with E-state index >= 15 is 0 Å². The zero-order valence-electron chi connectivity index (χ0n) is 38.7. The van der Waals surface area contributed by atoms with Gasteiger partial charge in [-0.3, -0.25) is 4.90 Å². The fraction of sp³-hybridized carbons (Fsp3) is 0.460. The molecule has 12 nitrogen and oxygen atoms in total. The molecule has 0 aromatic heterocycles. The second-order valence-electron chi connectivity index (χ2n) is 18.9. The van der Waals surface area contributed by atoms with E-state index < -0.39 is 29.1 Å². The molecule has 0 saturated carbocycles. The van der Waals surface area contributed by atoms with Gasteiger partial charge in [0.2, 0.25) is 0 Å². The molecule has 1 unspecified atom stereocenters. The first-order valence-electron chi connectivity index (χ1n) is 22.0. The first kappa shape index (κ1) is 50.2. The zero-order valence-corrected chi connectivity index (χ0v) is 41.9. The summed E-state index contributed by atoms with van der Waals surface area (Å²) in [6.07, 6.45) is 1.91. The van der Waals surface area contributed by atoms with E-state index in [0.29, 0.717) is 12.6 Å². The van der Waals surface area contributed by atoms with Crippen LogP contribution in [0.15, 0.2) is 93.9 Å². The van der Waals surface area contributed by atoms with Crippen LogP contribution < -0.4 is 25.8 Å². The van der Waals surface area contributed by atoms with Crippen LogP contribution in [-0.2, 0) is 44.6 Å². The van der Waals surface area contributed by atoms with Gasteiger partial charge in [0.1, 0.15) is 16.8 Å². The lowest BCUT2D eigenvalue weighted by Crippen LogP contribution is -2.52. The number of piperazine rings is 1. The quantitative estimate of drug-likeness (QED) is 0.103. The number of rotatable bonds is 3. The lowest BCUT2D eigenvalue weighted by molar-refractivity contribution is -0.0294. The van der Waals surface area contributed by atoms with E-state index in [1.165, 1.54) is 43.8 Å². The lowest BCUT2D eigenvalue weighted by Gasteiger charge is -2.38. The van der Waals surface area contributed by atoms with Crippen molar-refractivity contribution in [1.29, 1.82) is 0 Å². The summed E-state index contributed by atoms with van der Waals surface area (Å²) in [5.74, 6) is 0. The second-order valence-corrected chi connectivity index (χ2v) is 20.8. The van der Waals surface area contributed by atoms with Crippen molar-refractivity contribution < 1.29 is 33.3 Å². The van der Waals surface area contributed by atoms with Gasteiger partial charge in [-0.15, -0.1) is 0 Å². The molecule has 3 N–H and O–H groups in total. The number of ether oxygens (including phenoxy) is 4. The monoisotopic (exact) mass is 1010 g/mol. The van der Waals surface area contributed by atoms with Gasteiger partial charge in [-0.1, -0.05) is 62.2 Å². The van der Waals surface area contributed by atoms with E-state index in [4.69, 9.17) is 14.2 Å². The minimum Gasteiger partial charge on any atom is -0.443 e. The van der Waals surface area contributed by atoms with E-state index in [9.17, 15) is 14.4 Å². The minimum absolute atomic E-state index is 0.265. The molecular formula is C50H65Br2N5O7. The van der Waals surface area contributed by atoms with Crippen LogP contribution in [-0.4, -0.2) is 80.5 Å². The molecule has 4 aliphatic heterocycles. The SMILES string of the molecule is Brc1ccc2c(c1)CCN2.CC(C)(C)OC(=O)N1CCc2cc(Br)ccc21.CC(C)(C)OC(=O)OC(=O)OC(C)(C)C.c1ccc(CC2CNCCN2c2ccc3c(c2)CCN3)cc1. The highest BCUT2D eigenvalue weighted by molar-refractivity contribution is 9.10. The van der Waals surface area contributed by atoms with Crippen LogP contribution in [0, 0.1) is 0 Å². The van der Waals surface area contributed by atoms with E-state index in [-0.39, 0.29) is 6.09 Å². The molecule has 4 heterocycles. The second kappa shape index (κ2) is 22.4. The van der Waals surface area contributed by atoms with Gasteiger partial charge >= 0.3 is 18.4 Å². The van der Waals surface area contributed by atoms with Gasteiger partial charge in [0.15, 0.2) is 0 Å². The molecule has 14 heteroatoms. The van der Waals surface area contributed by atoms with Crippen molar-refractivity contribution in [2.24, 2.45) is 0 Å². The number of hydrogen-bond acceptors (Lipinski definition) is 11. The highest BCUT2D eigenvalue weighted by Crippen LogP contribution is 2.32. The molecule has 64 heavy (non-hydrogen) atoms. The Morgan fingerprint density at radius 1 is 0.625 bits per heavy atom. The molecule has 1 atom stereocenters. The molecule has 0 spiro atoms. The minimum atomic E-state index is -1.06. The van der Waals surface area contributed by atoms with Crippen molar-refractivity contribution in [3.05, 3.63) is 116 Å². The van der Waals surface area contributed by atoms with Crippen molar-refractivity contribution >= 4 is 73.0 Å². The normalized spacial score (nSPS) is 16.0. The van der Waals surface area contributed by atoms with Crippen LogP contribution in [0.25, 0.3) is 0 Å². The van der Waals surface area contributed by atoms with Crippen molar-refractivity contribution in [2.75, 3.05) is 59.7 Å². The smallest absolute Gasteiger partial charge is 0.443 e. The lowest BCUT2D eigenvalue weighted by atomic mass is 10.0. The summed E-state index contributed by atoms with van der Waals surface area (Å²) in [6, 6.07) is 30.6. The number of hydrogen-bond donors (Lipinski definition) is 3. The standard InChI is InChI=1S/C19H23N3.C13H16BrNO2.C10H18O5.C8H8BrN/c1-2-4-15(5-3-1)12-18-14-20-10-11-22(18)17-6-7-19-16(13-17)8-9-21-19;1-13(2,3)17-12(16)15-7-6-9-8-10(14)4-5-11(9)15;1-9(2,3)14-7(11)13-8(12)15-10(4,5)6;9-7-1-2-8-6(5-7)3-4-10-8/h1-7,13,18,20-21H,8-12,14H2;4-5,8H,6-7H2,1-3H3;1-6H3;1-2,5,10H,3-4H2. The van der Waals surface area contributed by atoms with Crippen molar-refractivity contribution in [3.63, 3.8) is 0 Å². The Morgan fingerprint density at radius 3 is 1.77 bits per heavy atom. The van der Waals surface area contributed by atoms with Gasteiger partial charge in [-0.25, -0.2) is 14.4 Å². The molecule has 4 aromatic carbocycles. The molecule has 0 bridgehead atoms. The maximum atomic E-state index is 12.0. The Kier molecular flexibility index (Phi) is 17.6. The number of amides is 1. The molecule has 0 radical (unpaired) electrons. The summed E-state index contributed by atoms with van der Waals surface area (Å²) in [5, 5.41) is 10.3. The van der Waals surface area contributed by atoms with E-state index in [1.54, 1.807) is 46.4 Å². The average molecular weight is 1010 g/mol. The third kappa shape index (κ3) is 16.3. The van der Waals surface area contributed by atoms with Crippen molar-refractivity contribution in [3.8, 4) is 0 Å². The number of fused-ring (bicyclic) bond motifs is 3. The number of anilines is 4. The number of carbonyl (C=O) groups is 3. The Bertz CT molecular complexity index is 2180. The predicted octanol–water partition coefficient (Wildman–Crippen LogP) is 11.7. The van der Waals surface area contributed by atoms with Crippen LogP contribution in [0.2, 0.25) is 0 Å². The van der Waals surface area contributed by atoms with Gasteiger partial charge in [0, 0.05) is 71.3 Å². The summed E-state index contributed by atoms with van der Waals surface area (Å²) >= 11 is 6.87. The number of nitrogens with one attached hydrogen (secondary N) is 3. The molecular weight excluding hydrogens is 942 g/mol. The van der Waals surface area contributed by atoms with Crippen LogP contribution >= 0.6 is 31.9 Å². The van der Waals surface area contributed by atoms with Crippen LogP contribution in [0.3, 0.4) is 0 Å². The Hall–Kier alpha value is -4.79. The predicted molar refractivity (Wildman–Crippen MR) is 264 cm³/mol. The molecule has 1 saturated heterocycles. The number of halogens is 2. The number of carbonyl (C=O) groups excluding carboxylic acids is 3. The molecule has 1 fully saturated rings. The van der Waals surface area contributed by atoms with Gasteiger partial charge in [-0.05, 0) is 165 Å². The van der Waals surface area contributed by atoms with Crippen LogP contribution in [0.5, 0.6) is 0 Å². The fourth-order valence-electron chi connectivity index (χ4n) is 7.40. The maximum Gasteiger partial charge on any atom is 0.519 e. The summed E-state index contributed by atoms with van der Waals surface area (Å²) in [4.78, 5) is 38.3. The molecule has 4 aliphatic rings. The Balaban J connectivity index is 0.000000166. The summed E-state index contributed by atoms with van der Waals surface area (Å²) in [6.45, 7) is 21.7. The highest BCUT2D eigenvalue weighted by Gasteiger charge is 2.29. The Labute approximate surface area is 396 Å². The summed E-state index contributed by atoms with van der Waals surface area (Å²) in [7, 11) is 0. The average Bonchev–Trinajstić information content (AvgIpc) is 3.97. The van der Waals surface area contributed by atoms with Gasteiger partial charge in [0.25, 0.3) is 0 Å². The topological polar surface area (TPSA) is 131 Å². The molecule has 1 amide bonds. The molecule has 8 rings (SSSR count). The molecule has 346 valence electrons. The van der Waals surface area contributed by atoms with Gasteiger partial charge in [-0.2, -0.15) is 0 Å². The largest absolute Gasteiger partial charge is 0.519 e. The van der Waals surface area contributed by atoms with Crippen LogP contribution in [0.1, 0.15) is 84.6 Å². The fourth-order valence-corrected chi connectivity index (χ4v) is 8.22. The van der Waals surface area contributed by atoms with Gasteiger partial charge in [0.05, 0.1) is 5.69 Å². The third-order valence-electron chi connectivity index (χ3n) is 10.1.